The van der Waals surface area contributed by atoms with Gasteiger partial charge in [-0.05, 0) is 18.2 Å². The number of halogens is 1. The number of phenols is 1. The Labute approximate surface area is 129 Å². The van der Waals surface area contributed by atoms with Gasteiger partial charge in [0, 0.05) is 10.0 Å². The predicted octanol–water partition coefficient (Wildman–Crippen LogP) is 0.989. The van der Waals surface area contributed by atoms with Crippen LogP contribution in [0.3, 0.4) is 0 Å². The fourth-order valence-electron chi connectivity index (χ4n) is 1.53. The van der Waals surface area contributed by atoms with Crippen LogP contribution >= 0.6 is 15.9 Å². The molecule has 1 atom stereocenters. The summed E-state index contributed by atoms with van der Waals surface area (Å²) in [7, 11) is 2.31. The minimum Gasteiger partial charge on any atom is -0.508 e. The van der Waals surface area contributed by atoms with Gasteiger partial charge < -0.3 is 19.9 Å². The zero-order valence-corrected chi connectivity index (χ0v) is 13.0. The molecule has 114 valence electrons. The van der Waals surface area contributed by atoms with Gasteiger partial charge in [-0.25, -0.2) is 4.79 Å². The first kappa shape index (κ1) is 17.0. The third-order valence-corrected chi connectivity index (χ3v) is 2.99. The van der Waals surface area contributed by atoms with Crippen LogP contribution in [-0.4, -0.2) is 43.2 Å². The molecule has 1 aromatic carbocycles. The Morgan fingerprint density at radius 1 is 1.24 bits per heavy atom. The molecule has 0 aliphatic carbocycles. The molecule has 1 aromatic rings. The molecule has 0 spiro atoms. The number of hydrogen-bond donors (Lipinski definition) is 2. The van der Waals surface area contributed by atoms with Gasteiger partial charge in [0.15, 0.2) is 0 Å². The van der Waals surface area contributed by atoms with E-state index in [1.54, 1.807) is 0 Å². The molecular formula is C13H14BrNO6. The summed E-state index contributed by atoms with van der Waals surface area (Å²) in [6.07, 6.45) is -0.352. The van der Waals surface area contributed by atoms with Gasteiger partial charge in [0.2, 0.25) is 0 Å². The zero-order chi connectivity index (χ0) is 16.0. The van der Waals surface area contributed by atoms with Crippen LogP contribution in [0.15, 0.2) is 22.7 Å². The summed E-state index contributed by atoms with van der Waals surface area (Å²) < 4.78 is 9.47. The number of nitrogens with one attached hydrogen (secondary N) is 1. The Morgan fingerprint density at radius 3 is 2.43 bits per heavy atom. The van der Waals surface area contributed by atoms with Crippen molar-refractivity contribution in [1.29, 1.82) is 0 Å². The topological polar surface area (TPSA) is 102 Å². The monoisotopic (exact) mass is 359 g/mol. The molecule has 0 fully saturated rings. The number of phenolic OH excluding ortho intramolecular Hbond substituents is 1. The van der Waals surface area contributed by atoms with Crippen molar-refractivity contribution in [2.45, 2.75) is 12.5 Å². The minimum absolute atomic E-state index is 0.114. The SMILES string of the molecule is COC(=O)CC(NC(=O)c1cc(O)cc(Br)c1)C(=O)OC. The van der Waals surface area contributed by atoms with E-state index in [4.69, 9.17) is 0 Å². The second-order valence-corrected chi connectivity index (χ2v) is 4.94. The second kappa shape index (κ2) is 7.63. The third-order valence-electron chi connectivity index (χ3n) is 2.53. The Morgan fingerprint density at radius 2 is 1.90 bits per heavy atom. The second-order valence-electron chi connectivity index (χ2n) is 4.03. The van der Waals surface area contributed by atoms with E-state index in [2.05, 4.69) is 30.7 Å². The number of amides is 1. The maximum atomic E-state index is 12.0. The van der Waals surface area contributed by atoms with Crippen LogP contribution < -0.4 is 5.32 Å². The summed E-state index contributed by atoms with van der Waals surface area (Å²) in [5.74, 6) is -2.18. The lowest BCUT2D eigenvalue weighted by Crippen LogP contribution is -2.43. The van der Waals surface area contributed by atoms with E-state index in [1.807, 2.05) is 0 Å². The minimum atomic E-state index is -1.17. The van der Waals surface area contributed by atoms with Crippen molar-refractivity contribution in [3.05, 3.63) is 28.2 Å². The van der Waals surface area contributed by atoms with E-state index in [9.17, 15) is 19.5 Å². The number of rotatable bonds is 5. The summed E-state index contributed by atoms with van der Waals surface area (Å²) in [5.41, 5.74) is 0.126. The molecule has 0 saturated carbocycles. The highest BCUT2D eigenvalue weighted by molar-refractivity contribution is 9.10. The Hall–Kier alpha value is -2.09. The van der Waals surface area contributed by atoms with E-state index in [0.717, 1.165) is 7.11 Å². The van der Waals surface area contributed by atoms with E-state index < -0.39 is 23.9 Å². The summed E-state index contributed by atoms with van der Waals surface area (Å²) >= 11 is 3.14. The van der Waals surface area contributed by atoms with Gasteiger partial charge in [0.1, 0.15) is 11.8 Å². The highest BCUT2D eigenvalue weighted by Crippen LogP contribution is 2.20. The first-order chi connectivity index (χ1) is 9.87. The van der Waals surface area contributed by atoms with E-state index in [0.29, 0.717) is 4.47 Å². The lowest BCUT2D eigenvalue weighted by Gasteiger charge is -2.15. The van der Waals surface area contributed by atoms with Crippen molar-refractivity contribution < 1.29 is 29.0 Å². The first-order valence-electron chi connectivity index (χ1n) is 5.82. The maximum Gasteiger partial charge on any atom is 0.328 e. The van der Waals surface area contributed by atoms with Gasteiger partial charge in [-0.3, -0.25) is 9.59 Å². The van der Waals surface area contributed by atoms with E-state index >= 15 is 0 Å². The van der Waals surface area contributed by atoms with Gasteiger partial charge in [-0.1, -0.05) is 15.9 Å². The number of aromatic hydroxyl groups is 1. The van der Waals surface area contributed by atoms with Crippen molar-refractivity contribution in [2.24, 2.45) is 0 Å². The Kier molecular flexibility index (Phi) is 6.16. The van der Waals surface area contributed by atoms with Crippen LogP contribution in [-0.2, 0) is 19.1 Å². The molecule has 1 amide bonds. The van der Waals surface area contributed by atoms with E-state index in [-0.39, 0.29) is 17.7 Å². The Bertz CT molecular complexity index is 539. The number of benzene rings is 1. The van der Waals surface area contributed by atoms with Crippen LogP contribution in [0.25, 0.3) is 0 Å². The molecule has 1 rings (SSSR count). The predicted molar refractivity (Wildman–Crippen MR) is 75.7 cm³/mol. The number of carbonyl (C=O) groups excluding carboxylic acids is 3. The molecule has 7 nitrogen and oxygen atoms in total. The van der Waals surface area contributed by atoms with Crippen LogP contribution in [0.4, 0.5) is 0 Å². The quantitative estimate of drug-likeness (QED) is 0.760. The number of esters is 2. The van der Waals surface area contributed by atoms with Crippen LogP contribution in [0, 0.1) is 0 Å². The molecule has 0 heterocycles. The highest BCUT2D eigenvalue weighted by Gasteiger charge is 2.25. The van der Waals surface area contributed by atoms with Crippen molar-refractivity contribution in [1.82, 2.24) is 5.32 Å². The molecule has 0 radical (unpaired) electrons. The van der Waals surface area contributed by atoms with Gasteiger partial charge >= 0.3 is 11.9 Å². The molecule has 8 heteroatoms. The summed E-state index contributed by atoms with van der Waals surface area (Å²) in [5, 5.41) is 11.8. The first-order valence-corrected chi connectivity index (χ1v) is 6.61. The summed E-state index contributed by atoms with van der Waals surface area (Å²) in [6.45, 7) is 0. The van der Waals surface area contributed by atoms with Gasteiger partial charge in [0.05, 0.1) is 20.6 Å². The van der Waals surface area contributed by atoms with Gasteiger partial charge in [-0.15, -0.1) is 0 Å². The van der Waals surface area contributed by atoms with Crippen molar-refractivity contribution >= 4 is 33.8 Å². The van der Waals surface area contributed by atoms with Crippen LogP contribution in [0.5, 0.6) is 5.75 Å². The van der Waals surface area contributed by atoms with Crippen molar-refractivity contribution in [2.75, 3.05) is 14.2 Å². The normalized spacial score (nSPS) is 11.4. The van der Waals surface area contributed by atoms with Crippen molar-refractivity contribution in [3.63, 3.8) is 0 Å². The zero-order valence-electron chi connectivity index (χ0n) is 11.4. The lowest BCUT2D eigenvalue weighted by atomic mass is 10.1. The standard InChI is InChI=1S/C13H14BrNO6/c1-20-11(17)6-10(13(19)21-2)15-12(18)7-3-8(14)5-9(16)4-7/h3-5,10,16H,6H2,1-2H3,(H,15,18). The Balaban J connectivity index is 2.89. The molecule has 0 aromatic heterocycles. The number of methoxy groups -OCH3 is 2. The molecule has 21 heavy (non-hydrogen) atoms. The number of ether oxygens (including phenoxy) is 2. The highest BCUT2D eigenvalue weighted by atomic mass is 79.9. The van der Waals surface area contributed by atoms with Gasteiger partial charge in [0.25, 0.3) is 5.91 Å². The number of carbonyl (C=O) groups is 3. The molecule has 0 saturated heterocycles. The molecular weight excluding hydrogens is 346 g/mol. The third kappa shape index (κ3) is 5.07. The largest absolute Gasteiger partial charge is 0.508 e. The molecule has 1 unspecified atom stereocenters. The summed E-state index contributed by atoms with van der Waals surface area (Å²) in [4.78, 5) is 34.8. The fourth-order valence-corrected chi connectivity index (χ4v) is 2.01. The summed E-state index contributed by atoms with van der Waals surface area (Å²) in [6, 6.07) is 2.92. The molecule has 2 N–H and O–H groups in total. The molecule has 0 bridgehead atoms. The lowest BCUT2D eigenvalue weighted by molar-refractivity contribution is -0.149. The van der Waals surface area contributed by atoms with Crippen LogP contribution in [0.2, 0.25) is 0 Å². The average molecular weight is 360 g/mol. The molecule has 0 aliphatic heterocycles. The smallest absolute Gasteiger partial charge is 0.328 e. The maximum absolute atomic E-state index is 12.0. The van der Waals surface area contributed by atoms with Crippen LogP contribution in [0.1, 0.15) is 16.8 Å². The van der Waals surface area contributed by atoms with Gasteiger partial charge in [-0.2, -0.15) is 0 Å². The molecule has 0 aliphatic rings. The van der Waals surface area contributed by atoms with E-state index in [1.165, 1.54) is 25.3 Å². The fraction of sp³-hybridized carbons (Fsp3) is 0.308. The number of hydrogen-bond acceptors (Lipinski definition) is 6. The average Bonchev–Trinajstić information content (AvgIpc) is 2.44. The van der Waals surface area contributed by atoms with Crippen molar-refractivity contribution in [3.8, 4) is 5.75 Å².